The first-order valence-electron chi connectivity index (χ1n) is 7.67. The van der Waals surface area contributed by atoms with Gasteiger partial charge in [-0.1, -0.05) is 29.7 Å². The van der Waals surface area contributed by atoms with Crippen LogP contribution in [-0.4, -0.2) is 147 Å². The van der Waals surface area contributed by atoms with E-state index >= 15 is 0 Å². The second-order valence-electron chi connectivity index (χ2n) is 5.29. The van der Waals surface area contributed by atoms with Crippen LogP contribution in [0.5, 0.6) is 0 Å². The van der Waals surface area contributed by atoms with Gasteiger partial charge in [0.25, 0.3) is 0 Å². The van der Waals surface area contributed by atoms with Crippen LogP contribution in [0.2, 0.25) is 0 Å². The van der Waals surface area contributed by atoms with E-state index in [0.29, 0.717) is 26.4 Å². The zero-order valence-electron chi connectivity index (χ0n) is 20.2. The van der Waals surface area contributed by atoms with Crippen molar-refractivity contribution in [1.29, 1.82) is 0 Å². The third-order valence-electron chi connectivity index (χ3n) is 2.84. The van der Waals surface area contributed by atoms with E-state index in [1.165, 1.54) is 0 Å². The molecule has 0 aliphatic heterocycles. The molecule has 4 radical (unpaired) electrons. The van der Waals surface area contributed by atoms with Crippen LogP contribution in [0.15, 0.2) is 0 Å². The van der Waals surface area contributed by atoms with Crippen LogP contribution in [0.3, 0.4) is 0 Å². The molecule has 0 heterocycles. The molecular weight excluding hydrogens is 486 g/mol. The Kier molecular flexibility index (Phi) is 189. The third kappa shape index (κ3) is 76.7. The van der Waals surface area contributed by atoms with Gasteiger partial charge >= 0.3 is 0 Å². The molecule has 0 spiro atoms. The normalized spacial score (nSPS) is 10.6. The third-order valence-corrected chi connectivity index (χ3v) is 2.84. The summed E-state index contributed by atoms with van der Waals surface area (Å²) < 4.78 is 30.6. The smallest absolute Gasteiger partial charge is 0.146 e. The standard InChI is InChI=1S/2C8H18O3.4CH4.2Al.6H2O.2H/c2*1-7(10-4)6-11-8(2)5-9-3;;;;;;;;;;;;;;/h2*7-8H,5-6H2,1-4H3;4*1H4;;;6*1H2;;. The van der Waals surface area contributed by atoms with Gasteiger partial charge in [-0.25, -0.2) is 0 Å². The van der Waals surface area contributed by atoms with Crippen molar-refractivity contribution in [2.24, 2.45) is 0 Å². The first-order valence-corrected chi connectivity index (χ1v) is 7.67. The lowest BCUT2D eigenvalue weighted by Crippen LogP contribution is -2.21. The second kappa shape index (κ2) is 69.9. The summed E-state index contributed by atoms with van der Waals surface area (Å²) in [5.41, 5.74) is 0. The zero-order chi connectivity index (χ0) is 17.4. The molecule has 0 rings (SSSR count). The molecule has 4 atom stereocenters. The quantitative estimate of drug-likeness (QED) is 0.259. The molecule has 0 aromatic rings. The van der Waals surface area contributed by atoms with Gasteiger partial charge in [0.1, 0.15) is 17.4 Å². The molecule has 4 unspecified atom stereocenters. The fraction of sp³-hybridized carbons (Fsp3) is 1.00. The lowest BCUT2D eigenvalue weighted by atomic mass is 10.4. The number of rotatable bonds is 12. The van der Waals surface area contributed by atoms with E-state index in [1.54, 1.807) is 28.4 Å². The summed E-state index contributed by atoms with van der Waals surface area (Å²) in [6, 6.07) is 0. The lowest BCUT2D eigenvalue weighted by molar-refractivity contribution is -0.0386. The molecule has 0 aromatic heterocycles. The minimum Gasteiger partial charge on any atom is -0.412 e. The van der Waals surface area contributed by atoms with Gasteiger partial charge in [-0.3, -0.25) is 0 Å². The zero-order valence-corrected chi connectivity index (χ0v) is 23.3. The van der Waals surface area contributed by atoms with Gasteiger partial charge in [0.15, 0.2) is 0 Å². The Bertz CT molecular complexity index is 216. The van der Waals surface area contributed by atoms with E-state index in [2.05, 4.69) is 0 Å². The Morgan fingerprint density at radius 2 is 0.647 bits per heavy atom. The molecule has 14 heteroatoms. The van der Waals surface area contributed by atoms with Crippen LogP contribution in [0, 0.1) is 0 Å². The van der Waals surface area contributed by atoms with Crippen molar-refractivity contribution >= 4 is 34.7 Å². The number of hydrogen-bond acceptors (Lipinski definition) is 6. The van der Waals surface area contributed by atoms with Gasteiger partial charge in [0.05, 0.1) is 50.8 Å². The molecule has 0 bridgehead atoms. The molecule has 12 nitrogen and oxygen atoms in total. The van der Waals surface area contributed by atoms with Gasteiger partial charge in [0.2, 0.25) is 0 Å². The van der Waals surface area contributed by atoms with Crippen LogP contribution in [0.25, 0.3) is 0 Å². The van der Waals surface area contributed by atoms with Crippen molar-refractivity contribution in [3.8, 4) is 0 Å². The van der Waals surface area contributed by atoms with E-state index in [-0.39, 0.29) is 122 Å². The number of hydrogen-bond donors (Lipinski definition) is 0. The van der Waals surface area contributed by atoms with Crippen molar-refractivity contribution in [3.63, 3.8) is 0 Å². The molecule has 0 amide bonds. The van der Waals surface area contributed by atoms with E-state index in [4.69, 9.17) is 28.4 Å². The minimum absolute atomic E-state index is 0. The van der Waals surface area contributed by atoms with Gasteiger partial charge in [-0.15, -0.1) is 0 Å². The van der Waals surface area contributed by atoms with Crippen LogP contribution in [0.4, 0.5) is 0 Å². The first kappa shape index (κ1) is 92.1. The Hall–Kier alpha value is 0.585. The summed E-state index contributed by atoms with van der Waals surface area (Å²) in [4.78, 5) is 0. The number of methoxy groups -OCH3 is 4. The highest BCUT2D eigenvalue weighted by atomic mass is 27.0. The van der Waals surface area contributed by atoms with E-state index < -0.39 is 0 Å². The summed E-state index contributed by atoms with van der Waals surface area (Å²) >= 11 is 0. The second-order valence-corrected chi connectivity index (χ2v) is 5.29. The Labute approximate surface area is 232 Å². The first-order chi connectivity index (χ1) is 10.4. The highest BCUT2D eigenvalue weighted by Crippen LogP contribution is 1.96. The van der Waals surface area contributed by atoms with Crippen molar-refractivity contribution in [2.45, 2.75) is 81.8 Å². The fourth-order valence-electron chi connectivity index (χ4n) is 1.30. The van der Waals surface area contributed by atoms with Crippen LogP contribution in [0.1, 0.15) is 57.4 Å². The lowest BCUT2D eigenvalue weighted by Gasteiger charge is -2.14. The molecular formula is C20H66Al2O12. The molecule has 0 fully saturated rings. The topological polar surface area (TPSA) is 244 Å². The monoisotopic (exact) mass is 552 g/mol. The van der Waals surface area contributed by atoms with E-state index in [0.717, 1.165) is 0 Å². The van der Waals surface area contributed by atoms with Crippen LogP contribution in [-0.2, 0) is 28.4 Å². The van der Waals surface area contributed by atoms with Gasteiger partial charge in [-0.2, -0.15) is 0 Å². The average Bonchev–Trinajstić information content (AvgIpc) is 2.51. The largest absolute Gasteiger partial charge is 0.412 e. The highest BCUT2D eigenvalue weighted by molar-refractivity contribution is 5.76. The summed E-state index contributed by atoms with van der Waals surface area (Å²) in [5.74, 6) is 0. The van der Waals surface area contributed by atoms with Crippen LogP contribution < -0.4 is 0 Å². The average molecular weight is 553 g/mol. The summed E-state index contributed by atoms with van der Waals surface area (Å²) in [6.07, 6.45) is 0.624. The van der Waals surface area contributed by atoms with Crippen molar-refractivity contribution in [3.05, 3.63) is 0 Å². The van der Waals surface area contributed by atoms with Crippen molar-refractivity contribution < 1.29 is 61.3 Å². The molecule has 12 N–H and O–H groups in total. The van der Waals surface area contributed by atoms with Crippen LogP contribution >= 0.6 is 0 Å². The van der Waals surface area contributed by atoms with E-state index in [1.807, 2.05) is 27.7 Å². The molecule has 0 aliphatic carbocycles. The maximum atomic E-state index is 5.39. The Morgan fingerprint density at radius 1 is 0.441 bits per heavy atom. The maximum Gasteiger partial charge on any atom is 0.146 e. The fourth-order valence-corrected chi connectivity index (χ4v) is 1.30. The minimum atomic E-state index is 0. The molecule has 0 aliphatic rings. The van der Waals surface area contributed by atoms with Crippen molar-refractivity contribution in [1.82, 2.24) is 0 Å². The molecule has 0 saturated heterocycles. The summed E-state index contributed by atoms with van der Waals surface area (Å²) in [7, 11) is 6.68. The van der Waals surface area contributed by atoms with Gasteiger partial charge < -0.3 is 61.3 Å². The van der Waals surface area contributed by atoms with E-state index in [9.17, 15) is 0 Å². The van der Waals surface area contributed by atoms with Gasteiger partial charge in [-0.05, 0) is 27.7 Å². The Balaban J connectivity index is -0.0000000145. The maximum absolute atomic E-state index is 5.39. The van der Waals surface area contributed by atoms with Crippen molar-refractivity contribution in [2.75, 3.05) is 54.9 Å². The number of ether oxygens (including phenoxy) is 6. The summed E-state index contributed by atoms with van der Waals surface area (Å²) in [5, 5.41) is 0. The van der Waals surface area contributed by atoms with Gasteiger partial charge in [0, 0.05) is 45.8 Å². The predicted molar refractivity (Wildman–Crippen MR) is 150 cm³/mol. The Morgan fingerprint density at radius 3 is 0.794 bits per heavy atom. The molecule has 224 valence electrons. The summed E-state index contributed by atoms with van der Waals surface area (Å²) in [6.45, 7) is 10.4. The molecule has 34 heavy (non-hydrogen) atoms. The highest BCUT2D eigenvalue weighted by Gasteiger charge is 2.05. The molecule has 0 aromatic carbocycles. The predicted octanol–water partition coefficient (Wildman–Crippen LogP) is -1.56. The molecule has 0 saturated carbocycles. The SMILES string of the molecule is C.C.C.C.COCC(C)OCC(C)OC.COCC(C)OCC(C)OC.O.O.O.O.O.O.[AlH2].[Al].